The lowest BCUT2D eigenvalue weighted by molar-refractivity contribution is -0.119. The fraction of sp³-hybridized carbons (Fsp3) is 0.375. The summed E-state index contributed by atoms with van der Waals surface area (Å²) < 4.78 is 5.30. The van der Waals surface area contributed by atoms with Gasteiger partial charge in [0, 0.05) is 25.1 Å². The van der Waals surface area contributed by atoms with E-state index in [1.807, 2.05) is 30.3 Å². The van der Waals surface area contributed by atoms with Gasteiger partial charge < -0.3 is 15.8 Å². The van der Waals surface area contributed by atoms with Crippen molar-refractivity contribution in [2.75, 3.05) is 18.5 Å². The Bertz CT molecular complexity index is 610. The highest BCUT2D eigenvalue weighted by atomic mass is 35.5. The molecular formula is C16H21ClN4O2. The molecule has 7 heteroatoms. The highest BCUT2D eigenvalue weighted by Gasteiger charge is 2.26. The number of hydrogen-bond donors (Lipinski definition) is 3. The number of nitrogens with one attached hydrogen (secondary N) is 2. The minimum Gasteiger partial charge on any atom is -0.381 e. The van der Waals surface area contributed by atoms with Crippen LogP contribution in [-0.2, 0) is 9.53 Å². The molecule has 1 aliphatic heterocycles. The number of carbonyl (C=O) groups is 1. The quantitative estimate of drug-likeness (QED) is 0.797. The summed E-state index contributed by atoms with van der Waals surface area (Å²) in [6.07, 6.45) is 3.39. The Morgan fingerprint density at radius 2 is 1.96 bits per heavy atom. The monoisotopic (exact) mass is 336 g/mol. The number of benzene rings is 1. The summed E-state index contributed by atoms with van der Waals surface area (Å²) in [5.74, 6) is 0.0548. The molecule has 0 aliphatic carbocycles. The van der Waals surface area contributed by atoms with E-state index in [0.717, 1.165) is 29.8 Å². The Balaban J connectivity index is 0.00000192. The van der Waals surface area contributed by atoms with Crippen LogP contribution >= 0.6 is 12.4 Å². The van der Waals surface area contributed by atoms with Crippen molar-refractivity contribution in [2.45, 2.75) is 18.9 Å². The molecule has 1 unspecified atom stereocenters. The largest absolute Gasteiger partial charge is 0.381 e. The third-order valence-corrected chi connectivity index (χ3v) is 4.04. The molecule has 1 atom stereocenters. The number of anilines is 1. The van der Waals surface area contributed by atoms with Gasteiger partial charge in [-0.05, 0) is 42.5 Å². The molecule has 1 amide bonds. The Kier molecular flexibility index (Phi) is 6.15. The maximum absolute atomic E-state index is 12.2. The average molecular weight is 337 g/mol. The number of aromatic nitrogens is 2. The van der Waals surface area contributed by atoms with Crippen LogP contribution in [0.4, 0.5) is 5.69 Å². The molecule has 2 aromatic rings. The van der Waals surface area contributed by atoms with Gasteiger partial charge in [0.2, 0.25) is 5.91 Å². The van der Waals surface area contributed by atoms with Crippen LogP contribution in [0.1, 0.15) is 12.8 Å². The van der Waals surface area contributed by atoms with E-state index >= 15 is 0 Å². The van der Waals surface area contributed by atoms with E-state index in [2.05, 4.69) is 15.5 Å². The van der Waals surface area contributed by atoms with Crippen LogP contribution in [0.2, 0.25) is 0 Å². The van der Waals surface area contributed by atoms with Crippen LogP contribution in [0, 0.1) is 5.92 Å². The molecule has 3 rings (SSSR count). The summed E-state index contributed by atoms with van der Waals surface area (Å²) in [5, 5.41) is 9.71. The van der Waals surface area contributed by atoms with Gasteiger partial charge in [-0.1, -0.05) is 12.1 Å². The predicted octanol–water partition coefficient (Wildman–Crippen LogP) is 2.19. The van der Waals surface area contributed by atoms with E-state index < -0.39 is 6.04 Å². The van der Waals surface area contributed by atoms with Gasteiger partial charge in [0.15, 0.2) is 0 Å². The lowest BCUT2D eigenvalue weighted by Crippen LogP contribution is -2.43. The first-order chi connectivity index (χ1) is 10.7. The third-order valence-electron chi connectivity index (χ3n) is 4.04. The van der Waals surface area contributed by atoms with E-state index in [0.29, 0.717) is 13.2 Å². The summed E-state index contributed by atoms with van der Waals surface area (Å²) in [7, 11) is 0. The van der Waals surface area contributed by atoms with Gasteiger partial charge in [-0.2, -0.15) is 5.10 Å². The smallest absolute Gasteiger partial charge is 0.241 e. The van der Waals surface area contributed by atoms with Gasteiger partial charge in [-0.15, -0.1) is 12.4 Å². The zero-order chi connectivity index (χ0) is 15.4. The number of halogens is 1. The molecule has 1 fully saturated rings. The van der Waals surface area contributed by atoms with Crippen LogP contribution < -0.4 is 11.1 Å². The lowest BCUT2D eigenvalue weighted by Gasteiger charge is -2.26. The van der Waals surface area contributed by atoms with Crippen LogP contribution in [0.3, 0.4) is 0 Å². The maximum Gasteiger partial charge on any atom is 0.241 e. The van der Waals surface area contributed by atoms with Crippen molar-refractivity contribution in [2.24, 2.45) is 11.7 Å². The second kappa shape index (κ2) is 8.10. The van der Waals surface area contributed by atoms with Crippen molar-refractivity contribution in [3.05, 3.63) is 36.5 Å². The van der Waals surface area contributed by atoms with Crippen molar-refractivity contribution in [1.29, 1.82) is 0 Å². The van der Waals surface area contributed by atoms with E-state index in [-0.39, 0.29) is 24.2 Å². The van der Waals surface area contributed by atoms with E-state index in [1.165, 1.54) is 0 Å². The molecule has 6 nitrogen and oxygen atoms in total. The lowest BCUT2D eigenvalue weighted by atomic mass is 9.92. The number of hydrogen-bond acceptors (Lipinski definition) is 4. The molecule has 23 heavy (non-hydrogen) atoms. The zero-order valence-corrected chi connectivity index (χ0v) is 13.5. The number of carbonyl (C=O) groups excluding carboxylic acids is 1. The van der Waals surface area contributed by atoms with Crippen LogP contribution in [0.25, 0.3) is 11.3 Å². The predicted molar refractivity (Wildman–Crippen MR) is 91.4 cm³/mol. The Labute approximate surface area is 141 Å². The van der Waals surface area contributed by atoms with Crippen LogP contribution in [0.15, 0.2) is 36.5 Å². The summed E-state index contributed by atoms with van der Waals surface area (Å²) >= 11 is 0. The Morgan fingerprint density at radius 1 is 1.26 bits per heavy atom. The maximum atomic E-state index is 12.2. The van der Waals surface area contributed by atoms with E-state index in [1.54, 1.807) is 6.20 Å². The molecule has 0 saturated carbocycles. The molecule has 1 aromatic heterocycles. The molecule has 0 radical (unpaired) electrons. The normalized spacial score (nSPS) is 16.4. The minimum absolute atomic E-state index is 0. The van der Waals surface area contributed by atoms with Crippen molar-refractivity contribution >= 4 is 24.0 Å². The molecular weight excluding hydrogens is 316 g/mol. The highest BCUT2D eigenvalue weighted by molar-refractivity contribution is 5.95. The molecule has 1 aromatic carbocycles. The topological polar surface area (TPSA) is 93.0 Å². The molecule has 1 aliphatic rings. The SMILES string of the molecule is Cl.NC(C(=O)Nc1ccc(-c2ccn[nH]2)cc1)C1CCOCC1. The van der Waals surface area contributed by atoms with Gasteiger partial charge in [0.1, 0.15) is 0 Å². The van der Waals surface area contributed by atoms with Crippen molar-refractivity contribution < 1.29 is 9.53 Å². The second-order valence-electron chi connectivity index (χ2n) is 5.51. The number of nitrogens with zero attached hydrogens (tertiary/aromatic N) is 1. The number of ether oxygens (including phenoxy) is 1. The second-order valence-corrected chi connectivity index (χ2v) is 5.51. The van der Waals surface area contributed by atoms with Gasteiger partial charge in [-0.3, -0.25) is 9.89 Å². The number of rotatable bonds is 4. The fourth-order valence-electron chi connectivity index (χ4n) is 2.66. The molecule has 2 heterocycles. The number of H-pyrrole nitrogens is 1. The van der Waals surface area contributed by atoms with Crippen molar-refractivity contribution in [3.63, 3.8) is 0 Å². The first-order valence-electron chi connectivity index (χ1n) is 7.48. The molecule has 0 bridgehead atoms. The molecule has 0 spiro atoms. The summed E-state index contributed by atoms with van der Waals surface area (Å²) in [5.41, 5.74) is 8.77. The van der Waals surface area contributed by atoms with Gasteiger partial charge in [0.05, 0.1) is 11.7 Å². The summed E-state index contributed by atoms with van der Waals surface area (Å²) in [6.45, 7) is 1.37. The molecule has 1 saturated heterocycles. The van der Waals surface area contributed by atoms with Crippen LogP contribution in [-0.4, -0.2) is 35.4 Å². The summed E-state index contributed by atoms with van der Waals surface area (Å²) in [4.78, 5) is 12.2. The minimum atomic E-state index is -0.490. The van der Waals surface area contributed by atoms with E-state index in [4.69, 9.17) is 10.5 Å². The standard InChI is InChI=1S/C16H20N4O2.ClH/c17-15(12-6-9-22-10-7-12)16(21)19-13-3-1-11(2-4-13)14-5-8-18-20-14;/h1-5,8,12,15H,6-7,9-10,17H2,(H,18,20)(H,19,21);1H. The first-order valence-corrected chi connectivity index (χ1v) is 7.48. The molecule has 4 N–H and O–H groups in total. The zero-order valence-electron chi connectivity index (χ0n) is 12.7. The van der Waals surface area contributed by atoms with Gasteiger partial charge in [0.25, 0.3) is 0 Å². The Hall–Kier alpha value is -1.89. The van der Waals surface area contributed by atoms with Crippen LogP contribution in [0.5, 0.6) is 0 Å². The summed E-state index contributed by atoms with van der Waals surface area (Å²) in [6, 6.07) is 9.01. The molecule has 124 valence electrons. The van der Waals surface area contributed by atoms with Crippen molar-refractivity contribution in [3.8, 4) is 11.3 Å². The average Bonchev–Trinajstić information content (AvgIpc) is 3.10. The number of nitrogens with two attached hydrogens (primary N) is 1. The van der Waals surface area contributed by atoms with Crippen molar-refractivity contribution in [1.82, 2.24) is 10.2 Å². The third kappa shape index (κ3) is 4.31. The number of amides is 1. The fourth-order valence-corrected chi connectivity index (χ4v) is 2.66. The first kappa shape index (κ1) is 17.5. The Morgan fingerprint density at radius 3 is 2.57 bits per heavy atom. The number of aromatic amines is 1. The van der Waals surface area contributed by atoms with Gasteiger partial charge in [-0.25, -0.2) is 0 Å². The van der Waals surface area contributed by atoms with Gasteiger partial charge >= 0.3 is 0 Å². The van der Waals surface area contributed by atoms with E-state index in [9.17, 15) is 4.79 Å². The highest BCUT2D eigenvalue weighted by Crippen LogP contribution is 2.21.